The van der Waals surface area contributed by atoms with Crippen LogP contribution in [0.15, 0.2) is 59.7 Å². The Morgan fingerprint density at radius 1 is 1.00 bits per heavy atom. The van der Waals surface area contributed by atoms with Gasteiger partial charge in [0.15, 0.2) is 0 Å². The normalized spacial score (nSPS) is 16.8. The van der Waals surface area contributed by atoms with E-state index in [-0.39, 0.29) is 11.7 Å². The Hall–Kier alpha value is -3.15. The molecule has 0 saturated carbocycles. The second-order valence-corrected chi connectivity index (χ2v) is 7.69. The Morgan fingerprint density at radius 2 is 1.74 bits per heavy atom. The van der Waals surface area contributed by atoms with Crippen molar-refractivity contribution in [3.05, 3.63) is 83.3 Å². The molecule has 31 heavy (non-hydrogen) atoms. The van der Waals surface area contributed by atoms with E-state index in [1.54, 1.807) is 18.3 Å². The van der Waals surface area contributed by atoms with Crippen molar-refractivity contribution in [3.63, 3.8) is 0 Å². The molecule has 0 aliphatic carbocycles. The smallest absolute Gasteiger partial charge is 0.213 e. The molecule has 2 aromatic carbocycles. The van der Waals surface area contributed by atoms with Gasteiger partial charge in [0.05, 0.1) is 17.7 Å². The number of aromatic nitrogens is 1. The molecule has 1 aliphatic heterocycles. The number of pyridine rings is 1. The summed E-state index contributed by atoms with van der Waals surface area (Å²) in [5.74, 6) is -1.17. The van der Waals surface area contributed by atoms with Gasteiger partial charge in [-0.2, -0.15) is 0 Å². The molecule has 0 bridgehead atoms. The van der Waals surface area contributed by atoms with Crippen LogP contribution in [-0.2, 0) is 0 Å². The number of aliphatic imine (C=N–C) groups is 1. The lowest BCUT2D eigenvalue weighted by atomic mass is 9.99. The molecule has 0 amide bonds. The Labute approximate surface area is 179 Å². The van der Waals surface area contributed by atoms with Gasteiger partial charge >= 0.3 is 0 Å². The van der Waals surface area contributed by atoms with Gasteiger partial charge in [-0.15, -0.1) is 0 Å². The fourth-order valence-electron chi connectivity index (χ4n) is 3.67. The molecule has 2 atom stereocenters. The standard InChI is InChI=1S/C25H23F3N2O/c1-3-15(2)31-24-12-8-17(14-29-24)16-7-9-18(21(28)13-16)22-10-11-23(30-22)25-19(26)5-4-6-20(25)27/h4-9,12-15,22H,3,10-11H2,1-2H3/t15-,22+/m0/s1. The first-order chi connectivity index (χ1) is 15.0. The van der Waals surface area contributed by atoms with E-state index in [0.717, 1.165) is 12.0 Å². The first-order valence-electron chi connectivity index (χ1n) is 10.4. The molecule has 0 radical (unpaired) electrons. The summed E-state index contributed by atoms with van der Waals surface area (Å²) >= 11 is 0. The molecule has 1 aliphatic rings. The summed E-state index contributed by atoms with van der Waals surface area (Å²) in [6.07, 6.45) is 3.50. The van der Waals surface area contributed by atoms with Crippen LogP contribution in [0.5, 0.6) is 5.88 Å². The van der Waals surface area contributed by atoms with Gasteiger partial charge in [0.2, 0.25) is 5.88 Å². The van der Waals surface area contributed by atoms with Gasteiger partial charge < -0.3 is 4.74 Å². The van der Waals surface area contributed by atoms with Crippen molar-refractivity contribution < 1.29 is 17.9 Å². The summed E-state index contributed by atoms with van der Waals surface area (Å²) in [5, 5.41) is 0. The maximum atomic E-state index is 14.9. The second kappa shape index (κ2) is 8.92. The van der Waals surface area contributed by atoms with Crippen LogP contribution in [0.2, 0.25) is 0 Å². The molecule has 3 nitrogen and oxygen atoms in total. The third-order valence-electron chi connectivity index (χ3n) is 5.54. The van der Waals surface area contributed by atoms with Gasteiger partial charge in [-0.05, 0) is 56.0 Å². The average Bonchev–Trinajstić information content (AvgIpc) is 3.23. The molecule has 3 aromatic rings. The van der Waals surface area contributed by atoms with Crippen LogP contribution in [0.25, 0.3) is 11.1 Å². The quantitative estimate of drug-likeness (QED) is 0.443. The third-order valence-corrected chi connectivity index (χ3v) is 5.54. The number of hydrogen-bond acceptors (Lipinski definition) is 3. The monoisotopic (exact) mass is 424 g/mol. The number of nitrogens with zero attached hydrogens (tertiary/aromatic N) is 2. The van der Waals surface area contributed by atoms with E-state index in [2.05, 4.69) is 9.98 Å². The van der Waals surface area contributed by atoms with Crippen molar-refractivity contribution in [2.45, 2.75) is 45.3 Å². The Morgan fingerprint density at radius 3 is 2.39 bits per heavy atom. The van der Waals surface area contributed by atoms with E-state index in [1.807, 2.05) is 26.0 Å². The second-order valence-electron chi connectivity index (χ2n) is 7.69. The lowest BCUT2D eigenvalue weighted by Crippen LogP contribution is -2.10. The van der Waals surface area contributed by atoms with Crippen molar-refractivity contribution in [2.24, 2.45) is 4.99 Å². The molecular weight excluding hydrogens is 401 g/mol. The minimum atomic E-state index is -0.650. The zero-order valence-electron chi connectivity index (χ0n) is 17.4. The summed E-state index contributed by atoms with van der Waals surface area (Å²) in [5.41, 5.74) is 2.09. The van der Waals surface area contributed by atoms with E-state index in [4.69, 9.17) is 4.74 Å². The minimum absolute atomic E-state index is 0.0739. The van der Waals surface area contributed by atoms with Gasteiger partial charge in [0.1, 0.15) is 17.5 Å². The number of ether oxygens (including phenoxy) is 1. The van der Waals surface area contributed by atoms with Crippen LogP contribution < -0.4 is 4.74 Å². The van der Waals surface area contributed by atoms with Crippen LogP contribution in [0.3, 0.4) is 0 Å². The van der Waals surface area contributed by atoms with Crippen molar-refractivity contribution >= 4 is 5.71 Å². The highest BCUT2D eigenvalue weighted by Crippen LogP contribution is 2.35. The lowest BCUT2D eigenvalue weighted by molar-refractivity contribution is 0.208. The van der Waals surface area contributed by atoms with Gasteiger partial charge in [-0.1, -0.05) is 25.1 Å². The van der Waals surface area contributed by atoms with Crippen molar-refractivity contribution in [3.8, 4) is 17.0 Å². The molecule has 0 N–H and O–H groups in total. The molecule has 2 heterocycles. The zero-order valence-corrected chi connectivity index (χ0v) is 17.4. The van der Waals surface area contributed by atoms with Gasteiger partial charge in [0.25, 0.3) is 0 Å². The molecule has 0 fully saturated rings. The van der Waals surface area contributed by atoms with Crippen molar-refractivity contribution in [1.29, 1.82) is 0 Å². The van der Waals surface area contributed by atoms with Crippen LogP contribution in [0.1, 0.15) is 50.3 Å². The first-order valence-corrected chi connectivity index (χ1v) is 10.4. The summed E-state index contributed by atoms with van der Waals surface area (Å²) in [6.45, 7) is 4.01. The maximum Gasteiger partial charge on any atom is 0.213 e. The van der Waals surface area contributed by atoms with Crippen molar-refractivity contribution in [2.75, 3.05) is 0 Å². The highest BCUT2D eigenvalue weighted by atomic mass is 19.1. The number of rotatable bonds is 6. The molecule has 160 valence electrons. The summed E-state index contributed by atoms with van der Waals surface area (Å²) in [7, 11) is 0. The minimum Gasteiger partial charge on any atom is -0.475 e. The van der Waals surface area contributed by atoms with E-state index < -0.39 is 23.5 Å². The third kappa shape index (κ3) is 4.48. The largest absolute Gasteiger partial charge is 0.475 e. The highest BCUT2D eigenvalue weighted by molar-refractivity contribution is 6.02. The number of hydrogen-bond donors (Lipinski definition) is 0. The van der Waals surface area contributed by atoms with Crippen LogP contribution >= 0.6 is 0 Å². The first kappa shape index (κ1) is 21.1. The van der Waals surface area contributed by atoms with Crippen LogP contribution in [-0.4, -0.2) is 16.8 Å². The maximum absolute atomic E-state index is 14.9. The molecule has 0 saturated heterocycles. The van der Waals surface area contributed by atoms with Crippen LogP contribution in [0, 0.1) is 17.5 Å². The van der Waals surface area contributed by atoms with E-state index >= 15 is 0 Å². The van der Waals surface area contributed by atoms with Gasteiger partial charge in [-0.3, -0.25) is 4.99 Å². The highest BCUT2D eigenvalue weighted by Gasteiger charge is 2.26. The fraction of sp³-hybridized carbons (Fsp3) is 0.280. The summed E-state index contributed by atoms with van der Waals surface area (Å²) in [4.78, 5) is 8.72. The molecule has 4 rings (SSSR count). The Kier molecular flexibility index (Phi) is 6.07. The van der Waals surface area contributed by atoms with Gasteiger partial charge in [0, 0.05) is 29.1 Å². The zero-order chi connectivity index (χ0) is 22.0. The Bertz CT molecular complexity index is 1090. The number of halogens is 3. The summed E-state index contributed by atoms with van der Waals surface area (Å²) < 4.78 is 48.7. The predicted octanol–water partition coefficient (Wildman–Crippen LogP) is 6.67. The molecular formula is C25H23F3N2O. The molecule has 1 aromatic heterocycles. The fourth-order valence-corrected chi connectivity index (χ4v) is 3.67. The molecule has 6 heteroatoms. The number of benzene rings is 2. The van der Waals surface area contributed by atoms with E-state index in [9.17, 15) is 13.2 Å². The van der Waals surface area contributed by atoms with E-state index in [1.165, 1.54) is 24.3 Å². The molecule has 0 spiro atoms. The molecule has 0 unspecified atom stereocenters. The Balaban J connectivity index is 1.55. The van der Waals surface area contributed by atoms with Crippen molar-refractivity contribution in [1.82, 2.24) is 4.98 Å². The lowest BCUT2D eigenvalue weighted by Gasteiger charge is -2.12. The predicted molar refractivity (Wildman–Crippen MR) is 115 cm³/mol. The average molecular weight is 424 g/mol. The SMILES string of the molecule is CC[C@H](C)Oc1ccc(-c2ccc([C@H]3CCC(c4c(F)cccc4F)=N3)c(F)c2)cn1. The van der Waals surface area contributed by atoms with E-state index in [0.29, 0.717) is 35.6 Å². The van der Waals surface area contributed by atoms with Gasteiger partial charge in [-0.25, -0.2) is 18.2 Å². The summed E-state index contributed by atoms with van der Waals surface area (Å²) in [6, 6.07) is 11.8. The van der Waals surface area contributed by atoms with Crippen LogP contribution in [0.4, 0.5) is 13.2 Å². The topological polar surface area (TPSA) is 34.5 Å².